The standard InChI is InChI=1S/C14H19F3N4O4S/c1-8-3-2-4-21(8)26(24,25)9-5-10(18)12(19-6-9)13(23)20-7-11(22)14(15,16)17/h5-6,8,11,22H,2-4,7,18H2,1H3,(H,20,23)/t8-,11?/m0/s1. The number of aliphatic hydroxyl groups is 1. The van der Waals surface area contributed by atoms with Crippen LogP contribution in [0.15, 0.2) is 17.2 Å². The molecule has 1 saturated heterocycles. The van der Waals surface area contributed by atoms with Crippen LogP contribution in [0.25, 0.3) is 0 Å². The molecule has 1 aromatic heterocycles. The van der Waals surface area contributed by atoms with Crippen LogP contribution in [-0.4, -0.2) is 60.1 Å². The second kappa shape index (κ2) is 7.37. The van der Waals surface area contributed by atoms with E-state index < -0.39 is 40.4 Å². The fourth-order valence-electron chi connectivity index (χ4n) is 2.58. The van der Waals surface area contributed by atoms with Crippen LogP contribution in [-0.2, 0) is 10.0 Å². The lowest BCUT2D eigenvalue weighted by atomic mass is 10.2. The molecule has 26 heavy (non-hydrogen) atoms. The molecule has 2 atom stereocenters. The van der Waals surface area contributed by atoms with Crippen molar-refractivity contribution in [2.24, 2.45) is 0 Å². The normalized spacial score (nSPS) is 20.1. The Bertz CT molecular complexity index is 785. The topological polar surface area (TPSA) is 126 Å². The first kappa shape index (κ1) is 20.4. The van der Waals surface area contributed by atoms with Gasteiger partial charge in [-0.05, 0) is 25.8 Å². The summed E-state index contributed by atoms with van der Waals surface area (Å²) in [6.45, 7) is 1.06. The van der Waals surface area contributed by atoms with E-state index in [0.717, 1.165) is 25.1 Å². The quantitative estimate of drug-likeness (QED) is 0.665. The monoisotopic (exact) mass is 396 g/mol. The van der Waals surface area contributed by atoms with Crippen molar-refractivity contribution in [2.75, 3.05) is 18.8 Å². The Morgan fingerprint density at radius 3 is 2.69 bits per heavy atom. The smallest absolute Gasteiger partial charge is 0.397 e. The van der Waals surface area contributed by atoms with Gasteiger partial charge >= 0.3 is 6.18 Å². The molecule has 1 aliphatic heterocycles. The third-order valence-electron chi connectivity index (χ3n) is 4.04. The van der Waals surface area contributed by atoms with Gasteiger partial charge in [0.15, 0.2) is 11.8 Å². The highest BCUT2D eigenvalue weighted by Crippen LogP contribution is 2.27. The van der Waals surface area contributed by atoms with E-state index >= 15 is 0 Å². The summed E-state index contributed by atoms with van der Waals surface area (Å²) in [6, 6.07) is 0.871. The van der Waals surface area contributed by atoms with Gasteiger partial charge in [0.1, 0.15) is 4.90 Å². The number of alkyl halides is 3. The number of amides is 1. The third kappa shape index (κ3) is 4.24. The maximum Gasteiger partial charge on any atom is 0.416 e. The largest absolute Gasteiger partial charge is 0.416 e. The van der Waals surface area contributed by atoms with Crippen LogP contribution in [0, 0.1) is 0 Å². The molecule has 146 valence electrons. The molecule has 2 rings (SSSR count). The van der Waals surface area contributed by atoms with E-state index in [1.165, 1.54) is 4.31 Å². The molecule has 0 aromatic carbocycles. The van der Waals surface area contributed by atoms with Gasteiger partial charge in [0.2, 0.25) is 10.0 Å². The minimum Gasteiger partial charge on any atom is -0.397 e. The molecule has 8 nitrogen and oxygen atoms in total. The fraction of sp³-hybridized carbons (Fsp3) is 0.571. The van der Waals surface area contributed by atoms with Crippen molar-refractivity contribution < 1.29 is 31.5 Å². The molecule has 0 radical (unpaired) electrons. The zero-order chi connectivity index (χ0) is 19.7. The Morgan fingerprint density at radius 1 is 1.54 bits per heavy atom. The van der Waals surface area contributed by atoms with Gasteiger partial charge in [0, 0.05) is 18.8 Å². The summed E-state index contributed by atoms with van der Waals surface area (Å²) in [5.41, 5.74) is 4.94. The van der Waals surface area contributed by atoms with Crippen LogP contribution >= 0.6 is 0 Å². The number of nitrogens with one attached hydrogen (secondary N) is 1. The number of aliphatic hydroxyl groups excluding tert-OH is 1. The highest BCUT2D eigenvalue weighted by atomic mass is 32.2. The number of hydrogen-bond acceptors (Lipinski definition) is 6. The Labute approximate surface area is 148 Å². The molecule has 1 amide bonds. The number of anilines is 1. The minimum atomic E-state index is -4.88. The maximum absolute atomic E-state index is 12.6. The number of pyridine rings is 1. The van der Waals surface area contributed by atoms with E-state index in [9.17, 15) is 26.4 Å². The third-order valence-corrected chi connectivity index (χ3v) is 6.02. The van der Waals surface area contributed by atoms with Gasteiger partial charge in [-0.3, -0.25) is 4.79 Å². The Hall–Kier alpha value is -1.92. The van der Waals surface area contributed by atoms with Crippen molar-refractivity contribution in [1.29, 1.82) is 0 Å². The van der Waals surface area contributed by atoms with Gasteiger partial charge in [-0.2, -0.15) is 17.5 Å². The van der Waals surface area contributed by atoms with Crippen LogP contribution in [0.2, 0.25) is 0 Å². The molecule has 1 aromatic rings. The number of nitrogens with zero attached hydrogens (tertiary/aromatic N) is 2. The number of nitrogens with two attached hydrogens (primary N) is 1. The summed E-state index contributed by atoms with van der Waals surface area (Å²) in [6.07, 6.45) is -5.22. The number of carbonyl (C=O) groups excluding carboxylic acids is 1. The Balaban J connectivity index is 2.15. The van der Waals surface area contributed by atoms with Gasteiger partial charge < -0.3 is 16.2 Å². The minimum absolute atomic E-state index is 0.173. The lowest BCUT2D eigenvalue weighted by Crippen LogP contribution is -2.41. The highest BCUT2D eigenvalue weighted by Gasteiger charge is 2.38. The van der Waals surface area contributed by atoms with E-state index in [1.54, 1.807) is 6.92 Å². The van der Waals surface area contributed by atoms with Crippen molar-refractivity contribution in [3.05, 3.63) is 18.0 Å². The van der Waals surface area contributed by atoms with Crippen LogP contribution < -0.4 is 11.1 Å². The van der Waals surface area contributed by atoms with Gasteiger partial charge in [0.05, 0.1) is 12.2 Å². The van der Waals surface area contributed by atoms with E-state index in [-0.39, 0.29) is 16.6 Å². The van der Waals surface area contributed by atoms with Crippen molar-refractivity contribution in [3.8, 4) is 0 Å². The summed E-state index contributed by atoms with van der Waals surface area (Å²) >= 11 is 0. The average molecular weight is 396 g/mol. The number of nitrogen functional groups attached to an aromatic ring is 1. The summed E-state index contributed by atoms with van der Waals surface area (Å²) in [7, 11) is -3.83. The van der Waals surface area contributed by atoms with E-state index in [4.69, 9.17) is 10.8 Å². The van der Waals surface area contributed by atoms with E-state index in [1.807, 2.05) is 5.32 Å². The molecule has 0 spiro atoms. The Morgan fingerprint density at radius 2 is 2.19 bits per heavy atom. The van der Waals surface area contributed by atoms with Crippen molar-refractivity contribution in [1.82, 2.24) is 14.6 Å². The lowest BCUT2D eigenvalue weighted by Gasteiger charge is -2.21. The zero-order valence-corrected chi connectivity index (χ0v) is 14.6. The number of halogens is 3. The zero-order valence-electron chi connectivity index (χ0n) is 13.8. The summed E-state index contributed by atoms with van der Waals surface area (Å²) < 4.78 is 63.2. The SMILES string of the molecule is C[C@H]1CCCN1S(=O)(=O)c1cnc(C(=O)NCC(O)C(F)(F)F)c(N)c1. The molecular formula is C14H19F3N4O4S. The number of carbonyl (C=O) groups is 1. The molecule has 0 saturated carbocycles. The lowest BCUT2D eigenvalue weighted by molar-refractivity contribution is -0.201. The first-order valence-electron chi connectivity index (χ1n) is 7.75. The molecule has 0 aliphatic carbocycles. The molecule has 0 bridgehead atoms. The average Bonchev–Trinajstić information content (AvgIpc) is 2.98. The Kier molecular flexibility index (Phi) is 5.78. The first-order valence-corrected chi connectivity index (χ1v) is 9.19. The predicted octanol–water partition coefficient (Wildman–Crippen LogP) is 0.490. The van der Waals surface area contributed by atoms with Crippen molar-refractivity contribution in [2.45, 2.75) is 43.0 Å². The second-order valence-corrected chi connectivity index (χ2v) is 7.87. The van der Waals surface area contributed by atoms with E-state index in [0.29, 0.717) is 6.54 Å². The number of sulfonamides is 1. The maximum atomic E-state index is 12.6. The fourth-order valence-corrected chi connectivity index (χ4v) is 4.26. The van der Waals surface area contributed by atoms with Crippen LogP contribution in [0.4, 0.5) is 18.9 Å². The molecule has 1 fully saturated rings. The summed E-state index contributed by atoms with van der Waals surface area (Å²) in [5, 5.41) is 10.7. The molecule has 12 heteroatoms. The van der Waals surface area contributed by atoms with Gasteiger partial charge in [-0.15, -0.1) is 0 Å². The predicted molar refractivity (Wildman–Crippen MR) is 85.6 cm³/mol. The van der Waals surface area contributed by atoms with Crippen LogP contribution in [0.3, 0.4) is 0 Å². The first-order chi connectivity index (χ1) is 11.9. The van der Waals surface area contributed by atoms with Crippen molar-refractivity contribution >= 4 is 21.6 Å². The molecular weight excluding hydrogens is 377 g/mol. The molecule has 4 N–H and O–H groups in total. The van der Waals surface area contributed by atoms with Gasteiger partial charge in [-0.25, -0.2) is 13.4 Å². The molecule has 1 unspecified atom stereocenters. The highest BCUT2D eigenvalue weighted by molar-refractivity contribution is 7.89. The summed E-state index contributed by atoms with van der Waals surface area (Å²) in [4.78, 5) is 15.4. The number of rotatable bonds is 5. The number of hydrogen-bond donors (Lipinski definition) is 3. The van der Waals surface area contributed by atoms with Crippen LogP contribution in [0.5, 0.6) is 0 Å². The van der Waals surface area contributed by atoms with Crippen molar-refractivity contribution in [3.63, 3.8) is 0 Å². The second-order valence-electron chi connectivity index (χ2n) is 5.98. The van der Waals surface area contributed by atoms with Gasteiger partial charge in [0.25, 0.3) is 5.91 Å². The number of aromatic nitrogens is 1. The van der Waals surface area contributed by atoms with E-state index in [2.05, 4.69) is 4.98 Å². The van der Waals surface area contributed by atoms with Gasteiger partial charge in [-0.1, -0.05) is 0 Å². The van der Waals surface area contributed by atoms with Crippen LogP contribution in [0.1, 0.15) is 30.3 Å². The molecule has 1 aliphatic rings. The molecule has 2 heterocycles. The summed E-state index contributed by atoms with van der Waals surface area (Å²) in [5.74, 6) is -1.05.